The zero-order valence-electron chi connectivity index (χ0n) is 19.1. The van der Waals surface area contributed by atoms with Crippen molar-refractivity contribution in [2.24, 2.45) is 0 Å². The molecule has 0 aliphatic heterocycles. The van der Waals surface area contributed by atoms with Crippen LogP contribution in [0.4, 0.5) is 0 Å². The number of nitrogens with zero attached hydrogens (tertiary/aromatic N) is 2. The van der Waals surface area contributed by atoms with E-state index in [1.165, 1.54) is 11.8 Å². The summed E-state index contributed by atoms with van der Waals surface area (Å²) in [5.41, 5.74) is 4.13. The lowest BCUT2D eigenvalue weighted by Crippen LogP contribution is -2.30. The first-order chi connectivity index (χ1) is 17.2. The van der Waals surface area contributed by atoms with Gasteiger partial charge in [-0.05, 0) is 41.5 Å². The number of aromatic amines is 1. The molecule has 176 valence electrons. The maximum Gasteiger partial charge on any atom is 0.277 e. The fraction of sp³-hybridized carbons (Fsp3) is 0.148. The minimum Gasteiger partial charge on any atom is -0.497 e. The molecule has 0 aliphatic rings. The molecule has 1 unspecified atom stereocenters. The molecule has 7 nitrogen and oxygen atoms in total. The number of ether oxygens (including phenoxy) is 1. The van der Waals surface area contributed by atoms with E-state index in [4.69, 9.17) is 9.15 Å². The quantitative estimate of drug-likeness (QED) is 0.277. The van der Waals surface area contributed by atoms with E-state index in [1.54, 1.807) is 7.11 Å². The number of fused-ring (bicyclic) bond motifs is 1. The molecule has 1 atom stereocenters. The van der Waals surface area contributed by atoms with Crippen molar-refractivity contribution in [2.45, 2.75) is 11.1 Å². The molecule has 0 spiro atoms. The van der Waals surface area contributed by atoms with Gasteiger partial charge in [-0.25, -0.2) is 0 Å². The van der Waals surface area contributed by atoms with E-state index in [9.17, 15) is 4.79 Å². The Morgan fingerprint density at radius 2 is 1.80 bits per heavy atom. The van der Waals surface area contributed by atoms with Gasteiger partial charge in [-0.2, -0.15) is 0 Å². The standard InChI is InChI=1S/C27H24N4O3S/c1-33-20-13-11-18(12-14-20)22(23-16-28-24-10-6-5-9-21(23)24)15-29-25(32)17-35-27-31-30-26(34-27)19-7-3-2-4-8-19/h2-14,16,22,28H,15,17H2,1H3,(H,29,32). The molecule has 5 aromatic rings. The van der Waals surface area contributed by atoms with E-state index in [1.807, 2.05) is 79.0 Å². The Morgan fingerprint density at radius 1 is 1.03 bits per heavy atom. The highest BCUT2D eigenvalue weighted by molar-refractivity contribution is 7.99. The molecule has 2 N–H and O–H groups in total. The number of hydrogen-bond donors (Lipinski definition) is 2. The summed E-state index contributed by atoms with van der Waals surface area (Å²) < 4.78 is 11.0. The molecule has 0 saturated carbocycles. The van der Waals surface area contributed by atoms with Crippen LogP contribution in [0.2, 0.25) is 0 Å². The van der Waals surface area contributed by atoms with E-state index in [0.29, 0.717) is 17.7 Å². The molecular formula is C27H24N4O3S. The molecule has 0 bridgehead atoms. The average molecular weight is 485 g/mol. The third-order valence-electron chi connectivity index (χ3n) is 5.77. The summed E-state index contributed by atoms with van der Waals surface area (Å²) in [5, 5.41) is 12.7. The number of H-pyrrole nitrogens is 1. The Morgan fingerprint density at radius 3 is 2.60 bits per heavy atom. The van der Waals surface area contributed by atoms with E-state index in [0.717, 1.165) is 33.3 Å². The Balaban J connectivity index is 1.27. The van der Waals surface area contributed by atoms with E-state index in [2.05, 4.69) is 26.6 Å². The molecule has 0 saturated heterocycles. The van der Waals surface area contributed by atoms with Crippen LogP contribution in [0.15, 0.2) is 94.7 Å². The zero-order valence-corrected chi connectivity index (χ0v) is 19.9. The van der Waals surface area contributed by atoms with Crippen molar-refractivity contribution in [3.63, 3.8) is 0 Å². The van der Waals surface area contributed by atoms with Gasteiger partial charge in [0.1, 0.15) is 5.75 Å². The van der Waals surface area contributed by atoms with Crippen LogP contribution >= 0.6 is 11.8 Å². The number of amides is 1. The number of rotatable bonds is 9. The minimum atomic E-state index is -0.104. The molecule has 2 heterocycles. The second kappa shape index (κ2) is 10.5. The summed E-state index contributed by atoms with van der Waals surface area (Å²) in [5.74, 6) is 1.28. The van der Waals surface area contributed by atoms with Crippen LogP contribution in [0.25, 0.3) is 22.4 Å². The summed E-state index contributed by atoms with van der Waals surface area (Å²) in [6.45, 7) is 0.451. The van der Waals surface area contributed by atoms with E-state index >= 15 is 0 Å². The Hall–Kier alpha value is -4.04. The van der Waals surface area contributed by atoms with Gasteiger partial charge in [-0.3, -0.25) is 4.79 Å². The smallest absolute Gasteiger partial charge is 0.277 e. The highest BCUT2D eigenvalue weighted by Gasteiger charge is 2.20. The van der Waals surface area contributed by atoms with Gasteiger partial charge < -0.3 is 19.5 Å². The normalized spacial score (nSPS) is 11.9. The van der Waals surface area contributed by atoms with Gasteiger partial charge in [0.25, 0.3) is 5.22 Å². The molecule has 0 radical (unpaired) electrons. The van der Waals surface area contributed by atoms with Crippen molar-refractivity contribution >= 4 is 28.6 Å². The summed E-state index contributed by atoms with van der Waals surface area (Å²) >= 11 is 1.22. The monoisotopic (exact) mass is 484 g/mol. The van der Waals surface area contributed by atoms with E-state index < -0.39 is 0 Å². The topological polar surface area (TPSA) is 93.0 Å². The molecule has 1 amide bonds. The van der Waals surface area contributed by atoms with Crippen molar-refractivity contribution in [3.8, 4) is 17.2 Å². The van der Waals surface area contributed by atoms with Crippen molar-refractivity contribution in [1.29, 1.82) is 0 Å². The van der Waals surface area contributed by atoms with Gasteiger partial charge >= 0.3 is 0 Å². The Kier molecular flexibility index (Phi) is 6.81. The lowest BCUT2D eigenvalue weighted by Gasteiger charge is -2.18. The number of para-hydroxylation sites is 1. The highest BCUT2D eigenvalue weighted by Crippen LogP contribution is 2.31. The van der Waals surface area contributed by atoms with Crippen molar-refractivity contribution in [2.75, 3.05) is 19.4 Å². The summed E-state index contributed by atoms with van der Waals surface area (Å²) in [6.07, 6.45) is 2.02. The van der Waals surface area contributed by atoms with Crippen molar-refractivity contribution < 1.29 is 13.9 Å². The minimum absolute atomic E-state index is 0.0286. The number of carbonyl (C=O) groups is 1. The van der Waals surface area contributed by atoms with Crippen molar-refractivity contribution in [3.05, 3.63) is 96.2 Å². The van der Waals surface area contributed by atoms with Gasteiger partial charge in [-0.15, -0.1) is 10.2 Å². The van der Waals surface area contributed by atoms with Crippen LogP contribution < -0.4 is 10.1 Å². The summed E-state index contributed by atoms with van der Waals surface area (Å²) in [6, 6.07) is 25.7. The predicted molar refractivity (Wildman–Crippen MR) is 137 cm³/mol. The number of hydrogen-bond acceptors (Lipinski definition) is 6. The zero-order chi connectivity index (χ0) is 24.0. The van der Waals surface area contributed by atoms with Crippen LogP contribution in [-0.2, 0) is 4.79 Å². The summed E-state index contributed by atoms with van der Waals surface area (Å²) in [4.78, 5) is 16.1. The number of aromatic nitrogens is 3. The highest BCUT2D eigenvalue weighted by atomic mass is 32.2. The molecule has 0 aliphatic carbocycles. The average Bonchev–Trinajstić information content (AvgIpc) is 3.56. The molecule has 8 heteroatoms. The number of carbonyl (C=O) groups excluding carboxylic acids is 1. The lowest BCUT2D eigenvalue weighted by molar-refractivity contribution is -0.118. The van der Waals surface area contributed by atoms with Crippen molar-refractivity contribution in [1.82, 2.24) is 20.5 Å². The fourth-order valence-corrected chi connectivity index (χ4v) is 4.58. The third-order valence-corrected chi connectivity index (χ3v) is 6.59. The SMILES string of the molecule is COc1ccc(C(CNC(=O)CSc2nnc(-c3ccccc3)o2)c2c[nH]c3ccccc23)cc1. The van der Waals surface area contributed by atoms with Crippen LogP contribution in [0.3, 0.4) is 0 Å². The van der Waals surface area contributed by atoms with Crippen LogP contribution in [0.1, 0.15) is 17.0 Å². The summed E-state index contributed by atoms with van der Waals surface area (Å²) in [7, 11) is 1.65. The second-order valence-corrected chi connectivity index (χ2v) is 8.87. The fourth-order valence-electron chi connectivity index (χ4n) is 3.99. The van der Waals surface area contributed by atoms with Crippen LogP contribution in [0.5, 0.6) is 5.75 Å². The number of methoxy groups -OCH3 is 1. The van der Waals surface area contributed by atoms with Gasteiger partial charge in [0.2, 0.25) is 11.8 Å². The number of thioether (sulfide) groups is 1. The maximum absolute atomic E-state index is 12.7. The van der Waals surface area contributed by atoms with E-state index in [-0.39, 0.29) is 17.6 Å². The third kappa shape index (κ3) is 5.22. The number of benzene rings is 3. The Bertz CT molecular complexity index is 1410. The first-order valence-corrected chi connectivity index (χ1v) is 12.2. The molecular weight excluding hydrogens is 460 g/mol. The predicted octanol–water partition coefficient (Wildman–Crippen LogP) is 5.27. The van der Waals surface area contributed by atoms with Gasteiger partial charge in [0.05, 0.1) is 12.9 Å². The molecule has 0 fully saturated rings. The molecule has 35 heavy (non-hydrogen) atoms. The lowest BCUT2D eigenvalue weighted by atomic mass is 9.91. The van der Waals surface area contributed by atoms with Gasteiger partial charge in [0, 0.05) is 35.1 Å². The number of nitrogens with one attached hydrogen (secondary N) is 2. The van der Waals surface area contributed by atoms with Crippen LogP contribution in [0, 0.1) is 0 Å². The molecule has 3 aromatic carbocycles. The largest absolute Gasteiger partial charge is 0.497 e. The van der Waals surface area contributed by atoms with Gasteiger partial charge in [0.15, 0.2) is 0 Å². The van der Waals surface area contributed by atoms with Gasteiger partial charge in [-0.1, -0.05) is 60.3 Å². The molecule has 5 rings (SSSR count). The Labute approximate surface area is 206 Å². The maximum atomic E-state index is 12.7. The second-order valence-electron chi connectivity index (χ2n) is 7.95. The van der Waals surface area contributed by atoms with Crippen LogP contribution in [-0.4, -0.2) is 40.5 Å². The first-order valence-electron chi connectivity index (χ1n) is 11.2. The first kappa shape index (κ1) is 22.7. The molecule has 2 aromatic heterocycles.